The Labute approximate surface area is 161 Å². The molecule has 0 spiro atoms. The van der Waals surface area contributed by atoms with Crippen molar-refractivity contribution in [3.05, 3.63) is 70.6 Å². The van der Waals surface area contributed by atoms with Gasteiger partial charge in [0.2, 0.25) is 5.82 Å². The lowest BCUT2D eigenvalue weighted by molar-refractivity contribution is 0.0285. The Hall–Kier alpha value is -3.20. The Bertz CT molecular complexity index is 1160. The van der Waals surface area contributed by atoms with Gasteiger partial charge in [0, 0.05) is 22.2 Å². The summed E-state index contributed by atoms with van der Waals surface area (Å²) in [6.45, 7) is 1.80. The Balaban J connectivity index is 1.87. The minimum absolute atomic E-state index is 0.130. The summed E-state index contributed by atoms with van der Waals surface area (Å²) in [5, 5.41) is 10.5. The van der Waals surface area contributed by atoms with E-state index in [0.29, 0.717) is 22.4 Å². The van der Waals surface area contributed by atoms with E-state index in [1.807, 2.05) is 0 Å². The van der Waals surface area contributed by atoms with Crippen molar-refractivity contribution in [2.75, 3.05) is 5.32 Å². The summed E-state index contributed by atoms with van der Waals surface area (Å²) in [4.78, 5) is 11.4. The number of alkyl halides is 2. The third-order valence-corrected chi connectivity index (χ3v) is 4.18. The maximum absolute atomic E-state index is 15.0. The molecule has 0 saturated heterocycles. The molecule has 0 atom stereocenters. The first kappa shape index (κ1) is 18.2. The van der Waals surface area contributed by atoms with Crippen LogP contribution in [0.2, 0.25) is 5.02 Å². The monoisotopic (exact) mass is 404 g/mol. The van der Waals surface area contributed by atoms with Crippen molar-refractivity contribution in [3.8, 4) is 0 Å². The quantitative estimate of drug-likeness (QED) is 0.514. The Morgan fingerprint density at radius 1 is 1.11 bits per heavy atom. The Kier molecular flexibility index (Phi) is 4.38. The first-order valence-electron chi connectivity index (χ1n) is 8.09. The Morgan fingerprint density at radius 3 is 2.61 bits per heavy atom. The number of aromatic amines is 1. The van der Waals surface area contributed by atoms with Gasteiger partial charge in [0.05, 0.1) is 11.7 Å². The molecule has 0 radical (unpaired) electrons. The molecule has 6 nitrogen and oxygen atoms in total. The fraction of sp³-hybridized carbons (Fsp3) is 0.111. The average molecular weight is 405 g/mol. The number of H-pyrrole nitrogens is 1. The molecule has 0 amide bonds. The summed E-state index contributed by atoms with van der Waals surface area (Å²) >= 11 is 6.00. The zero-order chi connectivity index (χ0) is 19.9. The van der Waals surface area contributed by atoms with Gasteiger partial charge in [0.1, 0.15) is 17.3 Å². The highest BCUT2D eigenvalue weighted by Crippen LogP contribution is 2.35. The number of aryl methyl sites for hydroxylation is 1. The number of benzene rings is 1. The van der Waals surface area contributed by atoms with Gasteiger partial charge in [-0.2, -0.15) is 13.9 Å². The van der Waals surface area contributed by atoms with Crippen LogP contribution in [0.15, 0.2) is 42.6 Å². The first-order chi connectivity index (χ1) is 13.3. The van der Waals surface area contributed by atoms with Crippen molar-refractivity contribution in [2.45, 2.75) is 12.8 Å². The van der Waals surface area contributed by atoms with Crippen LogP contribution in [0.25, 0.3) is 10.9 Å². The Morgan fingerprint density at radius 2 is 1.93 bits per heavy atom. The molecule has 4 rings (SSSR count). The van der Waals surface area contributed by atoms with E-state index in [9.17, 15) is 13.2 Å². The number of aromatic nitrogens is 5. The number of halogens is 4. The topological polar surface area (TPSA) is 79.4 Å². The summed E-state index contributed by atoms with van der Waals surface area (Å²) in [5.74, 6) is -4.63. The number of fused-ring (bicyclic) bond motifs is 1. The minimum atomic E-state index is -3.65. The van der Waals surface area contributed by atoms with E-state index in [2.05, 4.69) is 30.5 Å². The highest BCUT2D eigenvalue weighted by molar-refractivity contribution is 6.31. The molecular formula is C18H12ClF3N6. The number of hydrogen-bond acceptors (Lipinski definition) is 5. The molecule has 2 N–H and O–H groups in total. The van der Waals surface area contributed by atoms with E-state index in [-0.39, 0.29) is 11.3 Å². The second kappa shape index (κ2) is 6.75. The van der Waals surface area contributed by atoms with Gasteiger partial charge in [0.25, 0.3) is 0 Å². The van der Waals surface area contributed by atoms with Gasteiger partial charge in [0.15, 0.2) is 5.82 Å². The smallest absolute Gasteiger partial charge is 0.323 e. The van der Waals surface area contributed by atoms with Crippen molar-refractivity contribution in [1.82, 2.24) is 25.1 Å². The average Bonchev–Trinajstić information content (AvgIpc) is 3.06. The van der Waals surface area contributed by atoms with Crippen molar-refractivity contribution < 1.29 is 13.2 Å². The van der Waals surface area contributed by atoms with Gasteiger partial charge in [-0.25, -0.2) is 14.4 Å². The van der Waals surface area contributed by atoms with E-state index >= 15 is 0 Å². The van der Waals surface area contributed by atoms with Crippen molar-refractivity contribution in [1.29, 1.82) is 0 Å². The van der Waals surface area contributed by atoms with E-state index in [0.717, 1.165) is 17.8 Å². The number of nitrogens with zero attached hydrogens (tertiary/aromatic N) is 4. The van der Waals surface area contributed by atoms with Crippen LogP contribution in [0.5, 0.6) is 0 Å². The van der Waals surface area contributed by atoms with Crippen LogP contribution in [0.3, 0.4) is 0 Å². The summed E-state index contributed by atoms with van der Waals surface area (Å²) in [5.41, 5.74) is 0.329. The van der Waals surface area contributed by atoms with Crippen LogP contribution in [-0.2, 0) is 5.92 Å². The first-order valence-corrected chi connectivity index (χ1v) is 8.47. The molecule has 0 bridgehead atoms. The van der Waals surface area contributed by atoms with E-state index in [4.69, 9.17) is 11.6 Å². The standard InChI is InChI=1S/C18H12ClF3N6/c1-9-6-15(28-27-9)25-16-12-4-2-10(19)7-13(12)24-17(26-16)18(21,22)14-5-3-11(20)8-23-14/h2-8H,1H3,(H2,24,25,26,27,28). The molecule has 0 aliphatic rings. The third-order valence-electron chi connectivity index (χ3n) is 3.94. The maximum atomic E-state index is 15.0. The number of pyridine rings is 1. The predicted octanol–water partition coefficient (Wildman–Crippen LogP) is 4.73. The predicted molar refractivity (Wildman–Crippen MR) is 98.3 cm³/mol. The molecule has 4 aromatic rings. The molecule has 3 heterocycles. The number of anilines is 2. The SMILES string of the molecule is Cc1cc(Nc2nc(C(F)(F)c3ccc(F)cn3)nc3cc(Cl)ccc23)n[nH]1. The second-order valence-corrected chi connectivity index (χ2v) is 6.49. The summed E-state index contributed by atoms with van der Waals surface area (Å²) in [6, 6.07) is 8.18. The number of nitrogens with one attached hydrogen (secondary N) is 2. The van der Waals surface area contributed by atoms with Gasteiger partial charge in [-0.1, -0.05) is 11.6 Å². The van der Waals surface area contributed by atoms with Gasteiger partial charge >= 0.3 is 5.92 Å². The van der Waals surface area contributed by atoms with Crippen LogP contribution < -0.4 is 5.32 Å². The third kappa shape index (κ3) is 3.36. The highest BCUT2D eigenvalue weighted by Gasteiger charge is 2.40. The maximum Gasteiger partial charge on any atom is 0.348 e. The lowest BCUT2D eigenvalue weighted by Crippen LogP contribution is -2.21. The second-order valence-electron chi connectivity index (χ2n) is 6.05. The van der Waals surface area contributed by atoms with Crippen LogP contribution >= 0.6 is 11.6 Å². The molecule has 142 valence electrons. The van der Waals surface area contributed by atoms with Gasteiger partial charge in [-0.15, -0.1) is 0 Å². The highest BCUT2D eigenvalue weighted by atomic mass is 35.5. The normalized spacial score (nSPS) is 11.8. The summed E-state index contributed by atoms with van der Waals surface area (Å²) in [6.07, 6.45) is 0.715. The van der Waals surface area contributed by atoms with Crippen LogP contribution in [0.4, 0.5) is 24.8 Å². The zero-order valence-corrected chi connectivity index (χ0v) is 15.1. The lowest BCUT2D eigenvalue weighted by Gasteiger charge is -2.16. The van der Waals surface area contributed by atoms with Crippen molar-refractivity contribution >= 4 is 34.1 Å². The van der Waals surface area contributed by atoms with Crippen LogP contribution in [0, 0.1) is 12.7 Å². The van der Waals surface area contributed by atoms with Gasteiger partial charge < -0.3 is 5.32 Å². The van der Waals surface area contributed by atoms with Crippen molar-refractivity contribution in [3.63, 3.8) is 0 Å². The molecular weight excluding hydrogens is 393 g/mol. The van der Waals surface area contributed by atoms with E-state index in [1.54, 1.807) is 25.1 Å². The molecule has 3 aromatic heterocycles. The molecule has 28 heavy (non-hydrogen) atoms. The molecule has 10 heteroatoms. The fourth-order valence-electron chi connectivity index (χ4n) is 2.62. The lowest BCUT2D eigenvalue weighted by atomic mass is 10.1. The molecule has 0 fully saturated rings. The molecule has 0 saturated carbocycles. The number of hydrogen-bond donors (Lipinski definition) is 2. The molecule has 1 aromatic carbocycles. The van der Waals surface area contributed by atoms with E-state index < -0.39 is 23.3 Å². The van der Waals surface area contributed by atoms with Crippen LogP contribution in [0.1, 0.15) is 17.2 Å². The number of rotatable bonds is 4. The van der Waals surface area contributed by atoms with Crippen molar-refractivity contribution in [2.24, 2.45) is 0 Å². The zero-order valence-electron chi connectivity index (χ0n) is 14.3. The van der Waals surface area contributed by atoms with Gasteiger partial charge in [-0.3, -0.25) is 10.1 Å². The largest absolute Gasteiger partial charge is 0.348 e. The van der Waals surface area contributed by atoms with E-state index in [1.165, 1.54) is 6.07 Å². The summed E-state index contributed by atoms with van der Waals surface area (Å²) < 4.78 is 43.0. The molecule has 0 aliphatic carbocycles. The summed E-state index contributed by atoms with van der Waals surface area (Å²) in [7, 11) is 0. The van der Waals surface area contributed by atoms with Crippen LogP contribution in [-0.4, -0.2) is 25.1 Å². The molecule has 0 aliphatic heterocycles. The molecule has 0 unspecified atom stereocenters. The fourth-order valence-corrected chi connectivity index (χ4v) is 2.78. The van der Waals surface area contributed by atoms with Gasteiger partial charge in [-0.05, 0) is 37.3 Å². The minimum Gasteiger partial charge on any atom is -0.323 e.